The van der Waals surface area contributed by atoms with Crippen molar-refractivity contribution >= 4 is 0 Å². The molecule has 56 valence electrons. The summed E-state index contributed by atoms with van der Waals surface area (Å²) >= 11 is 0. The van der Waals surface area contributed by atoms with Crippen LogP contribution in [0.3, 0.4) is 0 Å². The van der Waals surface area contributed by atoms with Gasteiger partial charge in [0.05, 0.1) is 0 Å². The standard InChI is InChI=1S/C3H7O.C3H8O.Ti/c1-3-4-2;1-2-3-4;/h1,3H2,2H3;4H,2-3H2,1H3;/q-1;;. The third-order valence-electron chi connectivity index (χ3n) is 0.428. The average Bonchev–Trinajstić information content (AvgIpc) is 1.88. The molecule has 0 saturated carbocycles. The number of aliphatic hydroxyl groups excluding tert-OH is 1. The quantitative estimate of drug-likeness (QED) is 0.488. The summed E-state index contributed by atoms with van der Waals surface area (Å²) in [6, 6.07) is 0. The molecule has 0 heterocycles. The molecule has 0 atom stereocenters. The van der Waals surface area contributed by atoms with Gasteiger partial charge in [-0.1, -0.05) is 13.5 Å². The summed E-state index contributed by atoms with van der Waals surface area (Å²) < 4.78 is 4.43. The summed E-state index contributed by atoms with van der Waals surface area (Å²) in [5, 5.41) is 7.88. The van der Waals surface area contributed by atoms with E-state index in [1.807, 2.05) is 6.92 Å². The van der Waals surface area contributed by atoms with E-state index < -0.39 is 0 Å². The zero-order valence-electron chi connectivity index (χ0n) is 6.18. The first-order valence-electron chi connectivity index (χ1n) is 2.72. The van der Waals surface area contributed by atoms with Crippen LogP contribution in [0.1, 0.15) is 13.3 Å². The predicted molar refractivity (Wildman–Crippen MR) is 34.6 cm³/mol. The summed E-state index contributed by atoms with van der Waals surface area (Å²) in [4.78, 5) is 0. The van der Waals surface area contributed by atoms with Crippen molar-refractivity contribution in [2.24, 2.45) is 0 Å². The Morgan fingerprint density at radius 3 is 1.78 bits per heavy atom. The van der Waals surface area contributed by atoms with Crippen molar-refractivity contribution < 1.29 is 31.6 Å². The molecule has 0 radical (unpaired) electrons. The Hall–Kier alpha value is 0.634. The van der Waals surface area contributed by atoms with Gasteiger partial charge in [-0.25, -0.2) is 0 Å². The van der Waals surface area contributed by atoms with Gasteiger partial charge in [-0.15, -0.1) is 0 Å². The van der Waals surface area contributed by atoms with Crippen LogP contribution < -0.4 is 0 Å². The van der Waals surface area contributed by atoms with Gasteiger partial charge in [0.15, 0.2) is 0 Å². The van der Waals surface area contributed by atoms with Crippen molar-refractivity contribution in [2.75, 3.05) is 20.3 Å². The molecule has 9 heavy (non-hydrogen) atoms. The van der Waals surface area contributed by atoms with Crippen molar-refractivity contribution in [1.29, 1.82) is 0 Å². The fourth-order valence-electron chi connectivity index (χ4n) is 0. The first kappa shape index (κ1) is 16.3. The Kier molecular flexibility index (Phi) is 42.5. The third-order valence-corrected chi connectivity index (χ3v) is 0.428. The van der Waals surface area contributed by atoms with Crippen LogP contribution in [0.2, 0.25) is 0 Å². The molecule has 0 fully saturated rings. The van der Waals surface area contributed by atoms with E-state index in [1.54, 1.807) is 7.11 Å². The molecule has 0 unspecified atom stereocenters. The van der Waals surface area contributed by atoms with Crippen molar-refractivity contribution in [2.45, 2.75) is 13.3 Å². The SMILES string of the molecule is CCCO.[CH2-]COC.[Ti]. The van der Waals surface area contributed by atoms with Gasteiger partial charge in [0, 0.05) is 35.4 Å². The number of rotatable bonds is 2. The zero-order valence-corrected chi connectivity index (χ0v) is 7.75. The fraction of sp³-hybridized carbons (Fsp3) is 0.833. The maximum absolute atomic E-state index is 7.88. The van der Waals surface area contributed by atoms with Crippen LogP contribution in [-0.4, -0.2) is 25.4 Å². The summed E-state index contributed by atoms with van der Waals surface area (Å²) in [7, 11) is 1.62. The van der Waals surface area contributed by atoms with Crippen LogP contribution in [0.4, 0.5) is 0 Å². The number of ether oxygens (including phenoxy) is 1. The zero-order chi connectivity index (χ0) is 6.83. The van der Waals surface area contributed by atoms with E-state index in [0.717, 1.165) is 6.42 Å². The Morgan fingerprint density at radius 1 is 1.56 bits per heavy atom. The summed E-state index contributed by atoms with van der Waals surface area (Å²) in [6.45, 7) is 6.20. The molecule has 0 aromatic heterocycles. The van der Waals surface area contributed by atoms with E-state index in [-0.39, 0.29) is 21.7 Å². The number of methoxy groups -OCH3 is 1. The summed E-state index contributed by atoms with van der Waals surface area (Å²) in [5.41, 5.74) is 0. The Labute approximate surface area is 72.5 Å². The summed E-state index contributed by atoms with van der Waals surface area (Å²) in [6.07, 6.45) is 0.875. The van der Waals surface area contributed by atoms with Gasteiger partial charge in [0.25, 0.3) is 0 Å². The first-order chi connectivity index (χ1) is 3.83. The smallest absolute Gasteiger partial charge is 0.0428 e. The van der Waals surface area contributed by atoms with Gasteiger partial charge >= 0.3 is 0 Å². The largest absolute Gasteiger partial charge is 0.417 e. The van der Waals surface area contributed by atoms with E-state index in [9.17, 15) is 0 Å². The maximum atomic E-state index is 7.88. The van der Waals surface area contributed by atoms with E-state index in [0.29, 0.717) is 13.2 Å². The number of aliphatic hydroxyl groups is 1. The first-order valence-corrected chi connectivity index (χ1v) is 2.72. The molecule has 0 amide bonds. The van der Waals surface area contributed by atoms with Crippen LogP contribution in [0.25, 0.3) is 0 Å². The average molecular weight is 167 g/mol. The second-order valence-corrected chi connectivity index (χ2v) is 1.22. The fourth-order valence-corrected chi connectivity index (χ4v) is 0. The van der Waals surface area contributed by atoms with E-state index >= 15 is 0 Å². The topological polar surface area (TPSA) is 29.5 Å². The molecule has 0 aliphatic carbocycles. The Balaban J connectivity index is -0.0000000720. The van der Waals surface area contributed by atoms with Crippen LogP contribution in [0, 0.1) is 6.92 Å². The van der Waals surface area contributed by atoms with Crippen molar-refractivity contribution in [3.05, 3.63) is 6.92 Å². The van der Waals surface area contributed by atoms with Gasteiger partial charge in [-0.05, 0) is 6.42 Å². The Bertz CT molecular complexity index is 19.0. The molecule has 0 aromatic rings. The predicted octanol–water partition coefficient (Wildman–Crippen LogP) is 0.853. The molecule has 0 aromatic carbocycles. The van der Waals surface area contributed by atoms with Gasteiger partial charge < -0.3 is 16.8 Å². The molecule has 1 N–H and O–H groups in total. The third kappa shape index (κ3) is 54.8. The normalized spacial score (nSPS) is 6.67. The molecule has 0 saturated heterocycles. The van der Waals surface area contributed by atoms with Crippen molar-refractivity contribution in [3.8, 4) is 0 Å². The number of hydrogen-bond acceptors (Lipinski definition) is 2. The van der Waals surface area contributed by atoms with Gasteiger partial charge in [0.1, 0.15) is 0 Å². The molecule has 0 rings (SSSR count). The van der Waals surface area contributed by atoms with Crippen LogP contribution in [-0.2, 0) is 26.5 Å². The van der Waals surface area contributed by atoms with Gasteiger partial charge in [0.2, 0.25) is 0 Å². The minimum atomic E-state index is 0. The molecule has 3 heteroatoms. The van der Waals surface area contributed by atoms with Crippen LogP contribution >= 0.6 is 0 Å². The summed E-state index contributed by atoms with van der Waals surface area (Å²) in [5.74, 6) is 0. The molecular formula is C6H15O2Ti-. The Morgan fingerprint density at radius 2 is 1.78 bits per heavy atom. The van der Waals surface area contributed by atoms with Crippen LogP contribution in [0.15, 0.2) is 0 Å². The van der Waals surface area contributed by atoms with Crippen LogP contribution in [0.5, 0.6) is 0 Å². The molecule has 0 aliphatic heterocycles. The number of hydrogen-bond donors (Lipinski definition) is 1. The van der Waals surface area contributed by atoms with Gasteiger partial charge in [-0.2, -0.15) is 0 Å². The molecule has 0 bridgehead atoms. The minimum Gasteiger partial charge on any atom is -0.417 e. The monoisotopic (exact) mass is 167 g/mol. The second-order valence-electron chi connectivity index (χ2n) is 1.22. The van der Waals surface area contributed by atoms with Crippen molar-refractivity contribution in [3.63, 3.8) is 0 Å². The molecule has 2 nitrogen and oxygen atoms in total. The van der Waals surface area contributed by atoms with E-state index in [4.69, 9.17) is 5.11 Å². The van der Waals surface area contributed by atoms with E-state index in [2.05, 4.69) is 11.7 Å². The maximum Gasteiger partial charge on any atom is 0.0428 e. The second kappa shape index (κ2) is 23.4. The minimum absolute atomic E-state index is 0. The van der Waals surface area contributed by atoms with Crippen molar-refractivity contribution in [1.82, 2.24) is 0 Å². The van der Waals surface area contributed by atoms with Gasteiger partial charge in [-0.3, -0.25) is 0 Å². The molecular weight excluding hydrogens is 152 g/mol. The molecule has 0 aliphatic rings. The molecule has 0 spiro atoms. The van der Waals surface area contributed by atoms with E-state index in [1.165, 1.54) is 0 Å².